The highest BCUT2D eigenvalue weighted by Gasteiger charge is 2.18. The van der Waals surface area contributed by atoms with E-state index in [1.54, 1.807) is 0 Å². The highest BCUT2D eigenvalue weighted by atomic mass is 19.1. The summed E-state index contributed by atoms with van der Waals surface area (Å²) >= 11 is 0. The topological polar surface area (TPSA) is 23.5 Å². The molecule has 1 aromatic carbocycles. The average Bonchev–Trinajstić information content (AvgIpc) is 2.24. The summed E-state index contributed by atoms with van der Waals surface area (Å²) in [4.78, 5) is 1.95. The molecule has 16 heavy (non-hydrogen) atoms. The fraction of sp³-hybridized carbons (Fsp3) is 0.500. The number of nitrogens with zero attached hydrogens (tertiary/aromatic N) is 1. The lowest BCUT2D eigenvalue weighted by atomic mass is 10.1. The van der Waals surface area contributed by atoms with Gasteiger partial charge in [-0.15, -0.1) is 0 Å². The number of rotatable bonds is 2. The van der Waals surface area contributed by atoms with Crippen LogP contribution in [0, 0.1) is 11.6 Å². The van der Waals surface area contributed by atoms with E-state index >= 15 is 0 Å². The maximum absolute atomic E-state index is 13.4. The summed E-state index contributed by atoms with van der Waals surface area (Å²) in [7, 11) is 0. The van der Waals surface area contributed by atoms with Crippen LogP contribution in [0.4, 0.5) is 8.78 Å². The minimum atomic E-state index is -0.422. The second kappa shape index (κ2) is 4.89. The van der Waals surface area contributed by atoms with E-state index in [0.717, 1.165) is 31.5 Å². The van der Waals surface area contributed by atoms with Crippen molar-refractivity contribution in [3.63, 3.8) is 0 Å². The molecule has 0 aromatic heterocycles. The van der Waals surface area contributed by atoms with Crippen molar-refractivity contribution >= 4 is 0 Å². The van der Waals surface area contributed by atoms with E-state index in [1.807, 2.05) is 4.90 Å². The number of hydrogen-bond acceptors (Lipinski definition) is 2. The van der Waals surface area contributed by atoms with Crippen LogP contribution in [-0.2, 0) is 6.54 Å². The van der Waals surface area contributed by atoms with Gasteiger partial charge in [-0.2, -0.15) is 0 Å². The van der Waals surface area contributed by atoms with Gasteiger partial charge in [-0.3, -0.25) is 4.90 Å². The first-order valence-electron chi connectivity index (χ1n) is 5.49. The van der Waals surface area contributed by atoms with Crippen LogP contribution in [0.25, 0.3) is 0 Å². The Morgan fingerprint density at radius 3 is 2.94 bits per heavy atom. The lowest BCUT2D eigenvalue weighted by Gasteiger charge is -2.30. The second-order valence-electron chi connectivity index (χ2n) is 4.27. The van der Waals surface area contributed by atoms with Gasteiger partial charge in [-0.25, -0.2) is 8.78 Å². The third kappa shape index (κ3) is 2.77. The molecule has 2 rings (SSSR count). The Hall–Kier alpha value is -1.00. The zero-order valence-electron chi connectivity index (χ0n) is 9.00. The summed E-state index contributed by atoms with van der Waals surface area (Å²) in [5.74, 6) is -0.810. The van der Waals surface area contributed by atoms with Gasteiger partial charge >= 0.3 is 0 Å². The van der Waals surface area contributed by atoms with Gasteiger partial charge in [-0.1, -0.05) is 0 Å². The van der Waals surface area contributed by atoms with Gasteiger partial charge in [0, 0.05) is 18.7 Å². The van der Waals surface area contributed by atoms with Crippen LogP contribution in [0.2, 0.25) is 0 Å². The predicted molar refractivity (Wildman–Crippen MR) is 56.9 cm³/mol. The van der Waals surface area contributed by atoms with Crippen molar-refractivity contribution < 1.29 is 13.9 Å². The van der Waals surface area contributed by atoms with Crippen molar-refractivity contribution in [3.8, 4) is 0 Å². The van der Waals surface area contributed by atoms with Crippen molar-refractivity contribution in [2.75, 3.05) is 13.1 Å². The van der Waals surface area contributed by atoms with Gasteiger partial charge in [0.25, 0.3) is 0 Å². The molecule has 0 aliphatic carbocycles. The SMILES string of the molecule is O[C@H]1CCCN(Cc2cc(F)ccc2F)C1. The third-order valence-corrected chi connectivity index (χ3v) is 2.88. The lowest BCUT2D eigenvalue weighted by Crippen LogP contribution is -2.37. The molecular formula is C12H15F2NO. The molecule has 2 nitrogen and oxygen atoms in total. The number of piperidine rings is 1. The van der Waals surface area contributed by atoms with E-state index in [-0.39, 0.29) is 11.9 Å². The molecule has 0 unspecified atom stereocenters. The Labute approximate surface area is 93.5 Å². The lowest BCUT2D eigenvalue weighted by molar-refractivity contribution is 0.0662. The Bertz CT molecular complexity index is 370. The monoisotopic (exact) mass is 227 g/mol. The number of β-amino-alcohol motifs (C(OH)–C–C–N with tert-alkyl or cyclic N) is 1. The van der Waals surface area contributed by atoms with Crippen molar-refractivity contribution in [1.82, 2.24) is 4.90 Å². The molecule has 0 spiro atoms. The number of likely N-dealkylation sites (tertiary alicyclic amines) is 1. The van der Waals surface area contributed by atoms with E-state index in [2.05, 4.69) is 0 Å². The Kier molecular flexibility index (Phi) is 3.51. The first kappa shape index (κ1) is 11.5. The van der Waals surface area contributed by atoms with Crippen molar-refractivity contribution in [2.45, 2.75) is 25.5 Å². The summed E-state index contributed by atoms with van der Waals surface area (Å²) < 4.78 is 26.3. The van der Waals surface area contributed by atoms with Crippen LogP contribution in [0.15, 0.2) is 18.2 Å². The van der Waals surface area contributed by atoms with E-state index in [9.17, 15) is 13.9 Å². The summed E-state index contributed by atoms with van der Waals surface area (Å²) in [5, 5.41) is 9.47. The van der Waals surface area contributed by atoms with Gasteiger partial charge in [-0.05, 0) is 37.6 Å². The molecule has 4 heteroatoms. The minimum absolute atomic E-state index is 0.342. The number of benzene rings is 1. The highest BCUT2D eigenvalue weighted by Crippen LogP contribution is 2.16. The molecule has 0 amide bonds. The standard InChI is InChI=1S/C12H15F2NO/c13-10-3-4-12(14)9(6-10)7-15-5-1-2-11(16)8-15/h3-4,6,11,16H,1-2,5,7-8H2/t11-/m0/s1. The Balaban J connectivity index is 2.05. The molecule has 1 saturated heterocycles. The first-order chi connectivity index (χ1) is 7.65. The zero-order chi connectivity index (χ0) is 11.5. The van der Waals surface area contributed by atoms with Gasteiger partial charge in [0.05, 0.1) is 6.10 Å². The fourth-order valence-corrected chi connectivity index (χ4v) is 2.08. The third-order valence-electron chi connectivity index (χ3n) is 2.88. The highest BCUT2D eigenvalue weighted by molar-refractivity contribution is 5.18. The zero-order valence-corrected chi connectivity index (χ0v) is 9.00. The summed E-state index contributed by atoms with van der Waals surface area (Å²) in [6.07, 6.45) is 1.35. The van der Waals surface area contributed by atoms with Crippen LogP contribution >= 0.6 is 0 Å². The van der Waals surface area contributed by atoms with Crippen molar-refractivity contribution in [3.05, 3.63) is 35.4 Å². The molecular weight excluding hydrogens is 212 g/mol. The molecule has 1 aromatic rings. The number of aliphatic hydroxyl groups is 1. The average molecular weight is 227 g/mol. The van der Waals surface area contributed by atoms with Crippen LogP contribution in [-0.4, -0.2) is 29.2 Å². The van der Waals surface area contributed by atoms with Gasteiger partial charge < -0.3 is 5.11 Å². The van der Waals surface area contributed by atoms with E-state index in [0.29, 0.717) is 18.7 Å². The Morgan fingerprint density at radius 2 is 2.19 bits per heavy atom. The molecule has 1 fully saturated rings. The second-order valence-corrected chi connectivity index (χ2v) is 4.27. The van der Waals surface area contributed by atoms with Gasteiger partial charge in [0.2, 0.25) is 0 Å². The van der Waals surface area contributed by atoms with Crippen LogP contribution in [0.5, 0.6) is 0 Å². The van der Waals surface area contributed by atoms with Crippen molar-refractivity contribution in [1.29, 1.82) is 0 Å². The summed E-state index contributed by atoms with van der Waals surface area (Å²) in [6.45, 7) is 1.73. The van der Waals surface area contributed by atoms with Crippen LogP contribution in [0.3, 0.4) is 0 Å². The van der Waals surface area contributed by atoms with Crippen LogP contribution < -0.4 is 0 Å². The molecule has 1 heterocycles. The normalized spacial score (nSPS) is 22.3. The fourth-order valence-electron chi connectivity index (χ4n) is 2.08. The molecule has 1 atom stereocenters. The molecule has 0 saturated carbocycles. The van der Waals surface area contributed by atoms with E-state index in [4.69, 9.17) is 0 Å². The smallest absolute Gasteiger partial charge is 0.127 e. The molecule has 88 valence electrons. The number of hydrogen-bond donors (Lipinski definition) is 1. The maximum atomic E-state index is 13.4. The maximum Gasteiger partial charge on any atom is 0.127 e. The summed E-state index contributed by atoms with van der Waals surface area (Å²) in [6, 6.07) is 3.48. The van der Waals surface area contributed by atoms with E-state index < -0.39 is 5.82 Å². The van der Waals surface area contributed by atoms with Crippen LogP contribution in [0.1, 0.15) is 18.4 Å². The first-order valence-corrected chi connectivity index (χ1v) is 5.49. The summed E-state index contributed by atoms with van der Waals surface area (Å²) in [5.41, 5.74) is 0.356. The van der Waals surface area contributed by atoms with Gasteiger partial charge in [0.15, 0.2) is 0 Å². The molecule has 1 N–H and O–H groups in total. The van der Waals surface area contributed by atoms with Crippen molar-refractivity contribution in [2.24, 2.45) is 0 Å². The molecule has 0 bridgehead atoms. The number of halogens is 2. The predicted octanol–water partition coefficient (Wildman–Crippen LogP) is 1.92. The molecule has 0 radical (unpaired) electrons. The quantitative estimate of drug-likeness (QED) is 0.834. The minimum Gasteiger partial charge on any atom is -0.392 e. The largest absolute Gasteiger partial charge is 0.392 e. The molecule has 1 aliphatic heterocycles. The molecule has 1 aliphatic rings. The number of aliphatic hydroxyl groups excluding tert-OH is 1. The van der Waals surface area contributed by atoms with Gasteiger partial charge in [0.1, 0.15) is 11.6 Å². The van der Waals surface area contributed by atoms with E-state index in [1.165, 1.54) is 6.07 Å². The Morgan fingerprint density at radius 1 is 1.38 bits per heavy atom.